The average molecular weight is 414 g/mol. The van der Waals surface area contributed by atoms with Crippen LogP contribution in [0.1, 0.15) is 17.5 Å². The van der Waals surface area contributed by atoms with Gasteiger partial charge in [0.25, 0.3) is 5.91 Å². The highest BCUT2D eigenvalue weighted by Crippen LogP contribution is 2.32. The van der Waals surface area contributed by atoms with E-state index in [0.29, 0.717) is 13.1 Å². The van der Waals surface area contributed by atoms with Crippen molar-refractivity contribution in [2.24, 2.45) is 0 Å². The molecule has 3 rings (SSSR count). The molecule has 9 nitrogen and oxygen atoms in total. The minimum Gasteiger partial charge on any atom is -0.485 e. The molecule has 1 aliphatic rings. The molecule has 1 atom stereocenters. The van der Waals surface area contributed by atoms with Crippen molar-refractivity contribution in [2.75, 3.05) is 44.7 Å². The molecular weight excluding hydrogens is 388 g/mol. The number of furan rings is 1. The van der Waals surface area contributed by atoms with Gasteiger partial charge in [-0.3, -0.25) is 14.4 Å². The van der Waals surface area contributed by atoms with Crippen LogP contribution in [0.2, 0.25) is 0 Å². The van der Waals surface area contributed by atoms with Gasteiger partial charge in [0.1, 0.15) is 11.9 Å². The zero-order chi connectivity index (χ0) is 21.5. The lowest BCUT2D eigenvalue weighted by atomic mass is 10.2. The number of benzene rings is 1. The molecule has 1 aliphatic heterocycles. The number of carbonyl (C=O) groups is 3. The second kappa shape index (κ2) is 9.82. The van der Waals surface area contributed by atoms with Crippen molar-refractivity contribution in [3.63, 3.8) is 0 Å². The first-order valence-electron chi connectivity index (χ1n) is 9.81. The summed E-state index contributed by atoms with van der Waals surface area (Å²) in [6.45, 7) is 3.59. The normalized spacial score (nSPS) is 15.0. The Bertz CT molecular complexity index is 883. The summed E-state index contributed by atoms with van der Waals surface area (Å²) >= 11 is 0. The van der Waals surface area contributed by atoms with Gasteiger partial charge in [-0.25, -0.2) is 0 Å². The van der Waals surface area contributed by atoms with Crippen molar-refractivity contribution >= 4 is 23.4 Å². The summed E-state index contributed by atoms with van der Waals surface area (Å²) in [6, 6.07) is 10.9. The highest BCUT2D eigenvalue weighted by atomic mass is 16.5. The lowest BCUT2D eigenvalue weighted by Gasteiger charge is -2.37. The minimum absolute atomic E-state index is 0.119. The predicted octanol–water partition coefficient (Wildman–Crippen LogP) is 0.872. The first kappa shape index (κ1) is 21.2. The van der Waals surface area contributed by atoms with Crippen LogP contribution in [-0.2, 0) is 9.59 Å². The van der Waals surface area contributed by atoms with Gasteiger partial charge in [0.05, 0.1) is 38.1 Å². The molecular formula is C21H26N4O5. The van der Waals surface area contributed by atoms with E-state index in [1.54, 1.807) is 13.1 Å². The van der Waals surface area contributed by atoms with Gasteiger partial charge in [0.15, 0.2) is 5.76 Å². The van der Waals surface area contributed by atoms with Crippen molar-refractivity contribution in [1.29, 1.82) is 0 Å². The average Bonchev–Trinajstić information content (AvgIpc) is 3.30. The Morgan fingerprint density at radius 2 is 1.93 bits per heavy atom. The zero-order valence-electron chi connectivity index (χ0n) is 17.1. The van der Waals surface area contributed by atoms with Gasteiger partial charge in [-0.05, 0) is 31.2 Å². The van der Waals surface area contributed by atoms with Gasteiger partial charge >= 0.3 is 0 Å². The third-order valence-electron chi connectivity index (χ3n) is 4.80. The molecule has 0 radical (unpaired) electrons. The number of nitrogens with one attached hydrogen (secondary N) is 2. The molecule has 0 saturated heterocycles. The Morgan fingerprint density at radius 3 is 2.67 bits per heavy atom. The van der Waals surface area contributed by atoms with Gasteiger partial charge in [-0.2, -0.15) is 0 Å². The van der Waals surface area contributed by atoms with Crippen LogP contribution in [0.5, 0.6) is 5.75 Å². The fourth-order valence-corrected chi connectivity index (χ4v) is 3.21. The number of para-hydroxylation sites is 2. The van der Waals surface area contributed by atoms with Gasteiger partial charge < -0.3 is 29.6 Å². The van der Waals surface area contributed by atoms with E-state index in [1.165, 1.54) is 17.2 Å². The first-order valence-corrected chi connectivity index (χ1v) is 9.81. The molecule has 0 spiro atoms. The van der Waals surface area contributed by atoms with Crippen LogP contribution in [0.25, 0.3) is 0 Å². The van der Waals surface area contributed by atoms with Crippen LogP contribution in [0.4, 0.5) is 5.69 Å². The summed E-state index contributed by atoms with van der Waals surface area (Å²) < 4.78 is 11.0. The maximum absolute atomic E-state index is 12.4. The van der Waals surface area contributed by atoms with E-state index in [9.17, 15) is 14.4 Å². The Morgan fingerprint density at radius 1 is 1.13 bits per heavy atom. The Labute approximate surface area is 175 Å². The van der Waals surface area contributed by atoms with Crippen molar-refractivity contribution in [1.82, 2.24) is 15.5 Å². The number of rotatable bonds is 8. The maximum Gasteiger partial charge on any atom is 0.287 e. The van der Waals surface area contributed by atoms with Crippen LogP contribution in [0, 0.1) is 0 Å². The topological polar surface area (TPSA) is 104 Å². The number of ether oxygens (including phenoxy) is 1. The van der Waals surface area contributed by atoms with Crippen molar-refractivity contribution in [2.45, 2.75) is 13.0 Å². The number of nitrogens with zero attached hydrogens (tertiary/aromatic N) is 2. The number of anilines is 1. The van der Waals surface area contributed by atoms with E-state index in [2.05, 4.69) is 22.5 Å². The smallest absolute Gasteiger partial charge is 0.287 e. The third-order valence-corrected chi connectivity index (χ3v) is 4.80. The SMILES string of the molecule is CCN1C[C@H](CN(C)C(=O)CNC(=O)CNC(=O)c2ccco2)Oc2ccccc21. The summed E-state index contributed by atoms with van der Waals surface area (Å²) in [5.74, 6) is -0.275. The summed E-state index contributed by atoms with van der Waals surface area (Å²) in [4.78, 5) is 39.8. The number of amides is 3. The fourth-order valence-electron chi connectivity index (χ4n) is 3.21. The number of fused-ring (bicyclic) bond motifs is 1. The van der Waals surface area contributed by atoms with Crippen LogP contribution >= 0.6 is 0 Å². The second-order valence-electron chi connectivity index (χ2n) is 6.96. The molecule has 2 N–H and O–H groups in total. The minimum atomic E-state index is -0.492. The summed E-state index contributed by atoms with van der Waals surface area (Å²) in [6.07, 6.45) is 1.20. The number of hydrogen-bond donors (Lipinski definition) is 2. The van der Waals surface area contributed by atoms with Gasteiger partial charge in [-0.15, -0.1) is 0 Å². The van der Waals surface area contributed by atoms with Crippen LogP contribution in [0.15, 0.2) is 47.1 Å². The summed E-state index contributed by atoms with van der Waals surface area (Å²) in [5.41, 5.74) is 1.05. The van der Waals surface area contributed by atoms with E-state index in [4.69, 9.17) is 9.15 Å². The zero-order valence-corrected chi connectivity index (χ0v) is 17.1. The maximum atomic E-state index is 12.4. The quantitative estimate of drug-likeness (QED) is 0.664. The highest BCUT2D eigenvalue weighted by molar-refractivity contribution is 5.94. The Kier molecular flexibility index (Phi) is 6.95. The van der Waals surface area contributed by atoms with E-state index >= 15 is 0 Å². The molecule has 1 aromatic carbocycles. The first-order chi connectivity index (χ1) is 14.5. The monoisotopic (exact) mass is 414 g/mol. The molecule has 0 aliphatic carbocycles. The number of hydrogen-bond acceptors (Lipinski definition) is 6. The molecule has 0 unspecified atom stereocenters. The Balaban J connectivity index is 1.42. The molecule has 9 heteroatoms. The van der Waals surface area contributed by atoms with E-state index in [1.807, 2.05) is 24.3 Å². The van der Waals surface area contributed by atoms with E-state index in [-0.39, 0.29) is 30.9 Å². The van der Waals surface area contributed by atoms with Gasteiger partial charge in [0, 0.05) is 13.6 Å². The molecule has 3 amide bonds. The molecule has 1 aromatic heterocycles. The summed E-state index contributed by atoms with van der Waals surface area (Å²) in [5, 5.41) is 4.94. The number of carbonyl (C=O) groups excluding carboxylic acids is 3. The van der Waals surface area contributed by atoms with Crippen LogP contribution in [-0.4, -0.2) is 68.5 Å². The fraction of sp³-hybridized carbons (Fsp3) is 0.381. The lowest BCUT2D eigenvalue weighted by Crippen LogP contribution is -2.49. The molecule has 0 fully saturated rings. The standard InChI is InChI=1S/C21H26N4O5/c1-3-25-14-15(30-17-8-5-4-7-16(17)25)13-24(2)20(27)12-22-19(26)11-23-21(28)18-9-6-10-29-18/h4-10,15H,3,11-14H2,1-2H3,(H,22,26)(H,23,28)/t15-/m0/s1. The second-order valence-corrected chi connectivity index (χ2v) is 6.96. The van der Waals surface area contributed by atoms with Crippen molar-refractivity contribution in [3.05, 3.63) is 48.4 Å². The molecule has 30 heavy (non-hydrogen) atoms. The highest BCUT2D eigenvalue weighted by Gasteiger charge is 2.26. The molecule has 2 heterocycles. The molecule has 0 saturated carbocycles. The van der Waals surface area contributed by atoms with Crippen molar-refractivity contribution < 1.29 is 23.5 Å². The van der Waals surface area contributed by atoms with Gasteiger partial charge in [0.2, 0.25) is 11.8 Å². The van der Waals surface area contributed by atoms with Gasteiger partial charge in [-0.1, -0.05) is 12.1 Å². The third kappa shape index (κ3) is 5.31. The number of likely N-dealkylation sites (N-methyl/N-ethyl adjacent to an activating group) is 2. The van der Waals surface area contributed by atoms with Crippen molar-refractivity contribution in [3.8, 4) is 5.75 Å². The van der Waals surface area contributed by atoms with E-state index in [0.717, 1.165) is 18.0 Å². The van der Waals surface area contributed by atoms with E-state index < -0.39 is 11.8 Å². The lowest BCUT2D eigenvalue weighted by molar-refractivity contribution is -0.132. The largest absolute Gasteiger partial charge is 0.485 e. The summed E-state index contributed by atoms with van der Waals surface area (Å²) in [7, 11) is 1.67. The van der Waals surface area contributed by atoms with Crippen LogP contribution < -0.4 is 20.3 Å². The molecule has 160 valence electrons. The predicted molar refractivity (Wildman–Crippen MR) is 110 cm³/mol. The molecule has 0 bridgehead atoms. The van der Waals surface area contributed by atoms with Crippen LogP contribution in [0.3, 0.4) is 0 Å². The molecule has 2 aromatic rings. The Hall–Kier alpha value is -3.49.